The first-order chi connectivity index (χ1) is 13.0. The summed E-state index contributed by atoms with van der Waals surface area (Å²) in [6.45, 7) is 3.69. The number of nitrogens with zero attached hydrogens (tertiary/aromatic N) is 2. The lowest BCUT2D eigenvalue weighted by Gasteiger charge is -2.42. The molecule has 1 N–H and O–H groups in total. The molecule has 1 fully saturated rings. The zero-order valence-corrected chi connectivity index (χ0v) is 15.6. The van der Waals surface area contributed by atoms with Crippen LogP contribution in [0.4, 0.5) is 0 Å². The van der Waals surface area contributed by atoms with Gasteiger partial charge in [-0.15, -0.1) is 0 Å². The Morgan fingerprint density at radius 2 is 1.78 bits per heavy atom. The first-order valence-corrected chi connectivity index (χ1v) is 9.29. The molecule has 3 heterocycles. The lowest BCUT2D eigenvalue weighted by atomic mass is 9.82. The van der Waals surface area contributed by atoms with E-state index in [1.54, 1.807) is 32.2 Å². The lowest BCUT2D eigenvalue weighted by molar-refractivity contribution is -0.131. The molecule has 1 saturated heterocycles. The highest BCUT2D eigenvalue weighted by Crippen LogP contribution is 2.36. The van der Waals surface area contributed by atoms with Crippen molar-refractivity contribution in [2.24, 2.45) is 5.92 Å². The first kappa shape index (κ1) is 17.5. The third-order valence-electron chi connectivity index (χ3n) is 5.71. The average molecular weight is 365 g/mol. The van der Waals surface area contributed by atoms with Gasteiger partial charge >= 0.3 is 0 Å². The second-order valence-electron chi connectivity index (χ2n) is 7.50. The van der Waals surface area contributed by atoms with Crippen LogP contribution in [0, 0.1) is 5.92 Å². The van der Waals surface area contributed by atoms with Gasteiger partial charge in [0.25, 0.3) is 11.5 Å². The molecule has 0 radical (unpaired) electrons. The third kappa shape index (κ3) is 3.16. The third-order valence-corrected chi connectivity index (χ3v) is 5.71. The highest BCUT2D eigenvalue weighted by atomic mass is 16.2. The summed E-state index contributed by atoms with van der Waals surface area (Å²) in [5.41, 5.74) is 3.36. The number of likely N-dealkylation sites (tertiary alicyclic amines) is 1. The van der Waals surface area contributed by atoms with E-state index in [1.807, 2.05) is 21.6 Å². The smallest absolute Gasteiger partial charge is 0.251 e. The number of pyridine rings is 1. The Hall–Kier alpha value is -2.89. The van der Waals surface area contributed by atoms with Crippen molar-refractivity contribution >= 4 is 11.8 Å². The number of fused-ring (bicyclic) bond motifs is 4. The molecule has 6 nitrogen and oxygen atoms in total. The van der Waals surface area contributed by atoms with Crippen molar-refractivity contribution in [1.29, 1.82) is 0 Å². The predicted molar refractivity (Wildman–Crippen MR) is 103 cm³/mol. The summed E-state index contributed by atoms with van der Waals surface area (Å²) in [6.07, 6.45) is 1.02. The van der Waals surface area contributed by atoms with Crippen molar-refractivity contribution in [3.63, 3.8) is 0 Å². The largest absolute Gasteiger partial charge is 0.355 e. The summed E-state index contributed by atoms with van der Waals surface area (Å²) in [5, 5.41) is 2.60. The minimum Gasteiger partial charge on any atom is -0.355 e. The van der Waals surface area contributed by atoms with Crippen LogP contribution in [0.15, 0.2) is 41.2 Å². The van der Waals surface area contributed by atoms with E-state index in [9.17, 15) is 14.4 Å². The van der Waals surface area contributed by atoms with E-state index in [0.29, 0.717) is 24.6 Å². The van der Waals surface area contributed by atoms with Gasteiger partial charge in [-0.1, -0.05) is 12.1 Å². The Morgan fingerprint density at radius 1 is 1.04 bits per heavy atom. The molecule has 2 bridgehead atoms. The number of carbonyl (C=O) groups is 2. The number of rotatable bonds is 2. The molecular formula is C21H23N3O3. The van der Waals surface area contributed by atoms with Crippen LogP contribution in [0.25, 0.3) is 11.1 Å². The fourth-order valence-electron chi connectivity index (χ4n) is 4.34. The van der Waals surface area contributed by atoms with Crippen molar-refractivity contribution in [1.82, 2.24) is 14.8 Å². The monoisotopic (exact) mass is 365 g/mol. The van der Waals surface area contributed by atoms with Crippen LogP contribution in [0.1, 0.15) is 35.3 Å². The lowest BCUT2D eigenvalue weighted by Crippen LogP contribution is -2.48. The number of carbonyl (C=O) groups excluding carboxylic acids is 2. The molecule has 2 aliphatic heterocycles. The maximum Gasteiger partial charge on any atom is 0.251 e. The number of piperidine rings is 1. The van der Waals surface area contributed by atoms with E-state index >= 15 is 0 Å². The minimum atomic E-state index is -0.135. The zero-order chi connectivity index (χ0) is 19.1. The summed E-state index contributed by atoms with van der Waals surface area (Å²) in [4.78, 5) is 38.2. The number of aromatic nitrogens is 1. The van der Waals surface area contributed by atoms with Crippen LogP contribution in [0.2, 0.25) is 0 Å². The highest BCUT2D eigenvalue weighted by molar-refractivity contribution is 5.94. The maximum atomic E-state index is 12.7. The first-order valence-electron chi connectivity index (χ1n) is 9.29. The van der Waals surface area contributed by atoms with Crippen LogP contribution in [-0.4, -0.2) is 41.4 Å². The maximum absolute atomic E-state index is 12.7. The molecular weight excluding hydrogens is 342 g/mol. The summed E-state index contributed by atoms with van der Waals surface area (Å²) in [7, 11) is 1.60. The van der Waals surface area contributed by atoms with Crippen molar-refractivity contribution in [2.75, 3.05) is 20.1 Å². The summed E-state index contributed by atoms with van der Waals surface area (Å²) >= 11 is 0. The van der Waals surface area contributed by atoms with E-state index in [-0.39, 0.29) is 23.3 Å². The van der Waals surface area contributed by atoms with Gasteiger partial charge in [-0.3, -0.25) is 14.4 Å². The quantitative estimate of drug-likeness (QED) is 0.883. The Labute approximate surface area is 157 Å². The SMILES string of the molecule is CNC(=O)c1ccc(-c2cc3n(c(=O)c2)C[C@H]2C[C@@H]3CN(C(C)=O)C2)cc1. The van der Waals surface area contributed by atoms with Gasteiger partial charge in [0, 0.05) is 56.8 Å². The number of nitrogens with one attached hydrogen (secondary N) is 1. The second kappa shape index (κ2) is 6.68. The van der Waals surface area contributed by atoms with Gasteiger partial charge in [-0.2, -0.15) is 0 Å². The van der Waals surface area contributed by atoms with Crippen LogP contribution in [0.5, 0.6) is 0 Å². The van der Waals surface area contributed by atoms with Gasteiger partial charge in [-0.05, 0) is 41.7 Å². The molecule has 1 aromatic heterocycles. The van der Waals surface area contributed by atoms with Crippen molar-refractivity contribution < 1.29 is 9.59 Å². The highest BCUT2D eigenvalue weighted by Gasteiger charge is 2.35. The molecule has 0 saturated carbocycles. The molecule has 140 valence electrons. The van der Waals surface area contributed by atoms with E-state index in [4.69, 9.17) is 0 Å². The fourth-order valence-corrected chi connectivity index (χ4v) is 4.34. The number of benzene rings is 1. The van der Waals surface area contributed by atoms with Gasteiger partial charge in [0.2, 0.25) is 5.91 Å². The number of amides is 2. The van der Waals surface area contributed by atoms with Crippen molar-refractivity contribution in [3.05, 3.63) is 58.0 Å². The molecule has 0 spiro atoms. The van der Waals surface area contributed by atoms with E-state index in [0.717, 1.165) is 29.8 Å². The Kier molecular flexibility index (Phi) is 4.34. The van der Waals surface area contributed by atoms with Crippen molar-refractivity contribution in [2.45, 2.75) is 25.8 Å². The normalized spacial score (nSPS) is 20.7. The summed E-state index contributed by atoms with van der Waals surface area (Å²) < 4.78 is 1.87. The van der Waals surface area contributed by atoms with Gasteiger partial charge in [-0.25, -0.2) is 0 Å². The molecule has 27 heavy (non-hydrogen) atoms. The van der Waals surface area contributed by atoms with E-state index in [1.165, 1.54) is 0 Å². The van der Waals surface area contributed by atoms with Crippen LogP contribution in [0.3, 0.4) is 0 Å². The fraction of sp³-hybridized carbons (Fsp3) is 0.381. The van der Waals surface area contributed by atoms with Crippen molar-refractivity contribution in [3.8, 4) is 11.1 Å². The Balaban J connectivity index is 1.71. The molecule has 2 aromatic rings. The molecule has 1 aromatic carbocycles. The molecule has 2 amide bonds. The molecule has 0 unspecified atom stereocenters. The Morgan fingerprint density at radius 3 is 2.44 bits per heavy atom. The van der Waals surface area contributed by atoms with Crippen LogP contribution < -0.4 is 10.9 Å². The zero-order valence-electron chi connectivity index (χ0n) is 15.6. The van der Waals surface area contributed by atoms with Crippen LogP contribution in [-0.2, 0) is 11.3 Å². The summed E-state index contributed by atoms with van der Waals surface area (Å²) in [5.74, 6) is 0.501. The predicted octanol–water partition coefficient (Wildman–Crippen LogP) is 1.84. The molecule has 2 aliphatic rings. The van der Waals surface area contributed by atoms with Gasteiger partial charge in [0.15, 0.2) is 0 Å². The molecule has 2 atom stereocenters. The topological polar surface area (TPSA) is 71.4 Å². The molecule has 6 heteroatoms. The summed E-state index contributed by atoms with van der Waals surface area (Å²) in [6, 6.07) is 11.0. The van der Waals surface area contributed by atoms with Gasteiger partial charge in [0.05, 0.1) is 0 Å². The average Bonchev–Trinajstić information content (AvgIpc) is 2.68. The second-order valence-corrected chi connectivity index (χ2v) is 7.50. The molecule has 4 rings (SSSR count). The van der Waals surface area contributed by atoms with Crippen LogP contribution >= 0.6 is 0 Å². The van der Waals surface area contributed by atoms with E-state index < -0.39 is 0 Å². The van der Waals surface area contributed by atoms with Gasteiger partial charge < -0.3 is 14.8 Å². The number of hydrogen-bond donors (Lipinski definition) is 1. The standard InChI is InChI=1S/C21H23N3O3/c1-13(25)23-10-14-7-18(12-23)19-8-17(9-20(26)24(19)11-14)15-3-5-16(6-4-15)21(27)22-2/h3-6,8-9,14,18H,7,10-12H2,1-2H3,(H,22,27)/t14-,18+/m0/s1. The minimum absolute atomic E-state index is 0.00357. The Bertz CT molecular complexity index is 962. The molecule has 0 aliphatic carbocycles. The van der Waals surface area contributed by atoms with E-state index in [2.05, 4.69) is 11.4 Å². The van der Waals surface area contributed by atoms with Gasteiger partial charge in [0.1, 0.15) is 0 Å². The number of hydrogen-bond acceptors (Lipinski definition) is 3.